The Morgan fingerprint density at radius 2 is 1.60 bits per heavy atom. The maximum absolute atomic E-state index is 9.01. The van der Waals surface area contributed by atoms with Gasteiger partial charge in [-0.25, -0.2) is 0 Å². The minimum absolute atomic E-state index is 0.0775. The highest BCUT2D eigenvalue weighted by Crippen LogP contribution is 2.31. The predicted molar refractivity (Wildman–Crippen MR) is 44.9 cm³/mol. The van der Waals surface area contributed by atoms with Gasteiger partial charge in [0.05, 0.1) is 0 Å². The van der Waals surface area contributed by atoms with Gasteiger partial charge in [0.2, 0.25) is 0 Å². The summed E-state index contributed by atoms with van der Waals surface area (Å²) in [5.74, 6) is 1.24. The fourth-order valence-corrected chi connectivity index (χ4v) is 1.05. The van der Waals surface area contributed by atoms with E-state index in [4.69, 9.17) is 5.11 Å². The van der Waals surface area contributed by atoms with Crippen LogP contribution in [0.4, 0.5) is 0 Å². The molecule has 0 aromatic carbocycles. The first-order valence-electron chi connectivity index (χ1n) is 4.02. The summed E-state index contributed by atoms with van der Waals surface area (Å²) in [5.41, 5.74) is 0.0775. The molecule has 62 valence electrons. The Morgan fingerprint density at radius 1 is 1.20 bits per heavy atom. The molecule has 0 aliphatic heterocycles. The van der Waals surface area contributed by atoms with Crippen LogP contribution in [0.25, 0.3) is 0 Å². The van der Waals surface area contributed by atoms with Crippen LogP contribution in [-0.4, -0.2) is 11.7 Å². The monoisotopic (exact) mass is 144 g/mol. The molecule has 0 spiro atoms. The molecule has 0 radical (unpaired) electrons. The molecule has 1 heteroatoms. The third-order valence-corrected chi connectivity index (χ3v) is 2.64. The summed E-state index contributed by atoms with van der Waals surface area (Å²) >= 11 is 0. The van der Waals surface area contributed by atoms with Gasteiger partial charge in [0.25, 0.3) is 0 Å². The van der Waals surface area contributed by atoms with Gasteiger partial charge in [-0.05, 0) is 17.3 Å². The molecule has 0 bridgehead atoms. The van der Waals surface area contributed by atoms with Gasteiger partial charge >= 0.3 is 0 Å². The molecule has 0 aliphatic carbocycles. The van der Waals surface area contributed by atoms with Crippen LogP contribution in [0.5, 0.6) is 0 Å². The SMILES string of the molecule is CC(C)[C@H](C)C(C)(C)CO. The highest BCUT2D eigenvalue weighted by Gasteiger charge is 2.26. The van der Waals surface area contributed by atoms with Crippen molar-refractivity contribution in [2.45, 2.75) is 34.6 Å². The maximum atomic E-state index is 9.01. The largest absolute Gasteiger partial charge is 0.396 e. The van der Waals surface area contributed by atoms with Crippen LogP contribution in [0.2, 0.25) is 0 Å². The average Bonchev–Trinajstić information content (AvgIpc) is 1.86. The van der Waals surface area contributed by atoms with E-state index in [9.17, 15) is 0 Å². The summed E-state index contributed by atoms with van der Waals surface area (Å²) < 4.78 is 0. The smallest absolute Gasteiger partial charge is 0.0484 e. The lowest BCUT2D eigenvalue weighted by Crippen LogP contribution is -2.29. The van der Waals surface area contributed by atoms with Crippen LogP contribution in [0.3, 0.4) is 0 Å². The molecule has 0 unspecified atom stereocenters. The van der Waals surface area contributed by atoms with E-state index in [1.165, 1.54) is 0 Å². The summed E-state index contributed by atoms with van der Waals surface area (Å²) in [5, 5.41) is 9.01. The quantitative estimate of drug-likeness (QED) is 0.644. The summed E-state index contributed by atoms with van der Waals surface area (Å²) in [6.45, 7) is 11.1. The van der Waals surface area contributed by atoms with Crippen molar-refractivity contribution in [3.63, 3.8) is 0 Å². The Hall–Kier alpha value is -0.0400. The fourth-order valence-electron chi connectivity index (χ4n) is 1.05. The molecule has 0 aliphatic rings. The molecule has 1 atom stereocenters. The van der Waals surface area contributed by atoms with Gasteiger partial charge in [-0.3, -0.25) is 0 Å². The van der Waals surface area contributed by atoms with E-state index in [1.807, 2.05) is 0 Å². The van der Waals surface area contributed by atoms with Crippen molar-refractivity contribution in [2.75, 3.05) is 6.61 Å². The average molecular weight is 144 g/mol. The van der Waals surface area contributed by atoms with Gasteiger partial charge in [0.15, 0.2) is 0 Å². The molecule has 0 amide bonds. The highest BCUT2D eigenvalue weighted by molar-refractivity contribution is 4.75. The zero-order valence-electron chi connectivity index (χ0n) is 7.81. The van der Waals surface area contributed by atoms with E-state index in [0.717, 1.165) is 0 Å². The number of aliphatic hydroxyl groups excluding tert-OH is 1. The fraction of sp³-hybridized carbons (Fsp3) is 1.00. The van der Waals surface area contributed by atoms with Gasteiger partial charge in [-0.15, -0.1) is 0 Å². The normalized spacial score (nSPS) is 15.9. The highest BCUT2D eigenvalue weighted by atomic mass is 16.3. The van der Waals surface area contributed by atoms with Crippen molar-refractivity contribution in [2.24, 2.45) is 17.3 Å². The Kier molecular flexibility index (Phi) is 3.37. The molecule has 0 saturated carbocycles. The number of aliphatic hydroxyl groups is 1. The molecule has 1 nitrogen and oxygen atoms in total. The summed E-state index contributed by atoms with van der Waals surface area (Å²) in [7, 11) is 0. The molecule has 1 N–H and O–H groups in total. The molecule has 0 aromatic rings. The second-order valence-corrected chi connectivity index (χ2v) is 4.18. The van der Waals surface area contributed by atoms with Crippen LogP contribution in [0.15, 0.2) is 0 Å². The topological polar surface area (TPSA) is 20.2 Å². The van der Waals surface area contributed by atoms with Crippen molar-refractivity contribution in [3.8, 4) is 0 Å². The minimum Gasteiger partial charge on any atom is -0.396 e. The second-order valence-electron chi connectivity index (χ2n) is 4.18. The molecule has 0 rings (SSSR count). The van der Waals surface area contributed by atoms with Gasteiger partial charge in [0, 0.05) is 6.61 Å². The third-order valence-electron chi connectivity index (χ3n) is 2.64. The van der Waals surface area contributed by atoms with E-state index < -0.39 is 0 Å². The molecule has 0 heterocycles. The molecule has 0 fully saturated rings. The summed E-state index contributed by atoms with van der Waals surface area (Å²) in [4.78, 5) is 0. The van der Waals surface area contributed by atoms with Crippen molar-refractivity contribution in [1.82, 2.24) is 0 Å². The molecular weight excluding hydrogens is 124 g/mol. The second kappa shape index (κ2) is 3.38. The van der Waals surface area contributed by atoms with Gasteiger partial charge in [0.1, 0.15) is 0 Å². The molecular formula is C9H20O. The third kappa shape index (κ3) is 2.30. The minimum atomic E-state index is 0.0775. The molecule has 0 aromatic heterocycles. The Balaban J connectivity index is 4.03. The van der Waals surface area contributed by atoms with Gasteiger partial charge in [-0.2, -0.15) is 0 Å². The van der Waals surface area contributed by atoms with Crippen molar-refractivity contribution >= 4 is 0 Å². The van der Waals surface area contributed by atoms with E-state index in [0.29, 0.717) is 11.8 Å². The lowest BCUT2D eigenvalue weighted by atomic mass is 9.75. The lowest BCUT2D eigenvalue weighted by molar-refractivity contribution is 0.0803. The van der Waals surface area contributed by atoms with Crippen LogP contribution in [0, 0.1) is 17.3 Å². The predicted octanol–water partition coefficient (Wildman–Crippen LogP) is 2.30. The van der Waals surface area contributed by atoms with E-state index in [-0.39, 0.29) is 12.0 Å². The van der Waals surface area contributed by atoms with Crippen molar-refractivity contribution in [3.05, 3.63) is 0 Å². The summed E-state index contributed by atoms with van der Waals surface area (Å²) in [6, 6.07) is 0. The van der Waals surface area contributed by atoms with Gasteiger partial charge < -0.3 is 5.11 Å². The first-order valence-corrected chi connectivity index (χ1v) is 4.02. The molecule has 0 saturated heterocycles. The zero-order valence-corrected chi connectivity index (χ0v) is 7.81. The molecule has 10 heavy (non-hydrogen) atoms. The van der Waals surface area contributed by atoms with Crippen LogP contribution >= 0.6 is 0 Å². The standard InChI is InChI=1S/C9H20O/c1-7(2)8(3)9(4,5)6-10/h7-8,10H,6H2,1-5H3/t8-/m0/s1. The maximum Gasteiger partial charge on any atom is 0.0484 e. The van der Waals surface area contributed by atoms with E-state index >= 15 is 0 Å². The first kappa shape index (κ1) is 9.96. The van der Waals surface area contributed by atoms with E-state index in [2.05, 4.69) is 34.6 Å². The summed E-state index contributed by atoms with van der Waals surface area (Å²) in [6.07, 6.45) is 0. The number of rotatable bonds is 3. The number of hydrogen-bond donors (Lipinski definition) is 1. The Morgan fingerprint density at radius 3 is 1.70 bits per heavy atom. The van der Waals surface area contributed by atoms with Crippen LogP contribution in [0.1, 0.15) is 34.6 Å². The number of hydrogen-bond acceptors (Lipinski definition) is 1. The van der Waals surface area contributed by atoms with E-state index in [1.54, 1.807) is 0 Å². The Labute approximate surface area is 64.5 Å². The van der Waals surface area contributed by atoms with Crippen molar-refractivity contribution in [1.29, 1.82) is 0 Å². The Bertz CT molecular complexity index is 94.9. The first-order chi connectivity index (χ1) is 4.41. The van der Waals surface area contributed by atoms with Crippen LogP contribution < -0.4 is 0 Å². The van der Waals surface area contributed by atoms with Crippen molar-refractivity contribution < 1.29 is 5.11 Å². The van der Waals surface area contributed by atoms with Gasteiger partial charge in [-0.1, -0.05) is 34.6 Å². The van der Waals surface area contributed by atoms with Crippen LogP contribution in [-0.2, 0) is 0 Å². The zero-order chi connectivity index (χ0) is 8.36. The lowest BCUT2D eigenvalue weighted by Gasteiger charge is -2.32.